The molecule has 16 heavy (non-hydrogen) atoms. The van der Waals surface area contributed by atoms with Crippen LogP contribution in [0.4, 0.5) is 13.2 Å². The summed E-state index contributed by atoms with van der Waals surface area (Å²) in [6.45, 7) is -0.826. The summed E-state index contributed by atoms with van der Waals surface area (Å²) in [5.41, 5.74) is -0.507. The normalized spacial score (nSPS) is 10.2. The molecule has 1 N–H and O–H groups in total. The molecule has 0 saturated carbocycles. The summed E-state index contributed by atoms with van der Waals surface area (Å²) in [6.07, 6.45) is 0.0135. The molecule has 0 heterocycles. The van der Waals surface area contributed by atoms with Crippen LogP contribution in [-0.2, 0) is 0 Å². The van der Waals surface area contributed by atoms with E-state index in [0.29, 0.717) is 12.1 Å². The van der Waals surface area contributed by atoms with Crippen molar-refractivity contribution in [2.75, 3.05) is 13.3 Å². The lowest BCUT2D eigenvalue weighted by Gasteiger charge is -2.07. The maximum Gasteiger partial charge on any atom is 0.335 e. The number of aromatic carboxylic acids is 1. The Bertz CT molecular complexity index is 370. The van der Waals surface area contributed by atoms with Gasteiger partial charge >= 0.3 is 5.97 Å². The molecular formula is C10H9F3O3. The number of hydrogen-bond acceptors (Lipinski definition) is 2. The van der Waals surface area contributed by atoms with Gasteiger partial charge in [0.25, 0.3) is 0 Å². The highest BCUT2D eigenvalue weighted by molar-refractivity contribution is 5.87. The zero-order chi connectivity index (χ0) is 12.1. The van der Waals surface area contributed by atoms with Gasteiger partial charge in [-0.05, 0) is 12.1 Å². The van der Waals surface area contributed by atoms with Crippen LogP contribution in [0.2, 0.25) is 0 Å². The first kappa shape index (κ1) is 12.4. The Kier molecular flexibility index (Phi) is 4.16. The van der Waals surface area contributed by atoms with E-state index in [1.165, 1.54) is 0 Å². The molecule has 0 radical (unpaired) electrons. The average molecular weight is 234 g/mol. The summed E-state index contributed by atoms with van der Waals surface area (Å²) in [4.78, 5) is 10.5. The molecular weight excluding hydrogens is 225 g/mol. The van der Waals surface area contributed by atoms with E-state index >= 15 is 0 Å². The van der Waals surface area contributed by atoms with Gasteiger partial charge in [-0.25, -0.2) is 13.6 Å². The standard InChI is InChI=1S/C10H9F3O3/c11-2-1-3-16-9-7(12)4-6(10(14)15)5-8(9)13/h4-5H,1-3H2,(H,14,15). The Morgan fingerprint density at radius 1 is 1.31 bits per heavy atom. The molecule has 1 aromatic rings. The summed E-state index contributed by atoms with van der Waals surface area (Å²) in [5.74, 6) is -4.35. The molecule has 0 aliphatic heterocycles. The fourth-order valence-electron chi connectivity index (χ4n) is 1.05. The van der Waals surface area contributed by atoms with Crippen molar-refractivity contribution in [1.29, 1.82) is 0 Å². The first-order valence-electron chi connectivity index (χ1n) is 4.47. The molecule has 0 saturated heterocycles. The van der Waals surface area contributed by atoms with E-state index in [9.17, 15) is 18.0 Å². The van der Waals surface area contributed by atoms with Gasteiger partial charge in [-0.1, -0.05) is 0 Å². The van der Waals surface area contributed by atoms with Gasteiger partial charge in [-0.15, -0.1) is 0 Å². The molecule has 1 rings (SSSR count). The number of benzene rings is 1. The van der Waals surface area contributed by atoms with Crippen molar-refractivity contribution in [2.24, 2.45) is 0 Å². The molecule has 0 aliphatic carbocycles. The summed E-state index contributed by atoms with van der Waals surface area (Å²) in [5, 5.41) is 8.51. The van der Waals surface area contributed by atoms with Crippen LogP contribution in [0.15, 0.2) is 12.1 Å². The molecule has 0 atom stereocenters. The first-order valence-corrected chi connectivity index (χ1v) is 4.47. The van der Waals surface area contributed by atoms with Gasteiger partial charge in [0.15, 0.2) is 17.4 Å². The van der Waals surface area contributed by atoms with Crippen LogP contribution < -0.4 is 4.74 Å². The molecule has 3 nitrogen and oxygen atoms in total. The van der Waals surface area contributed by atoms with E-state index in [4.69, 9.17) is 5.11 Å². The minimum Gasteiger partial charge on any atom is -0.488 e. The maximum absolute atomic E-state index is 13.2. The lowest BCUT2D eigenvalue weighted by atomic mass is 10.2. The minimum atomic E-state index is -1.44. The van der Waals surface area contributed by atoms with Crippen LogP contribution >= 0.6 is 0 Å². The third kappa shape index (κ3) is 2.88. The van der Waals surface area contributed by atoms with Crippen LogP contribution in [-0.4, -0.2) is 24.4 Å². The second kappa shape index (κ2) is 5.39. The average Bonchev–Trinajstić information content (AvgIpc) is 2.21. The van der Waals surface area contributed by atoms with Gasteiger partial charge in [-0.3, -0.25) is 4.39 Å². The van der Waals surface area contributed by atoms with E-state index in [-0.39, 0.29) is 13.0 Å². The predicted molar refractivity (Wildman–Crippen MR) is 49.4 cm³/mol. The molecule has 0 spiro atoms. The van der Waals surface area contributed by atoms with Gasteiger partial charge in [0.05, 0.1) is 18.8 Å². The molecule has 6 heteroatoms. The molecule has 0 unspecified atom stereocenters. The second-order valence-electron chi connectivity index (χ2n) is 2.97. The zero-order valence-electron chi connectivity index (χ0n) is 8.17. The third-order valence-corrected chi connectivity index (χ3v) is 1.77. The van der Waals surface area contributed by atoms with Gasteiger partial charge in [0, 0.05) is 6.42 Å². The van der Waals surface area contributed by atoms with E-state index in [1.807, 2.05) is 0 Å². The van der Waals surface area contributed by atoms with Crippen LogP contribution in [0.1, 0.15) is 16.8 Å². The number of rotatable bonds is 5. The Morgan fingerprint density at radius 2 is 1.88 bits per heavy atom. The largest absolute Gasteiger partial charge is 0.488 e. The zero-order valence-corrected chi connectivity index (χ0v) is 8.17. The highest BCUT2D eigenvalue weighted by atomic mass is 19.1. The van der Waals surface area contributed by atoms with Crippen LogP contribution in [0.25, 0.3) is 0 Å². The molecule has 0 aliphatic rings. The lowest BCUT2D eigenvalue weighted by molar-refractivity contribution is 0.0695. The molecule has 88 valence electrons. The van der Waals surface area contributed by atoms with Gasteiger partial charge in [0.2, 0.25) is 0 Å². The topological polar surface area (TPSA) is 46.5 Å². The first-order chi connectivity index (χ1) is 7.56. The highest BCUT2D eigenvalue weighted by Gasteiger charge is 2.15. The molecule has 1 aromatic carbocycles. The van der Waals surface area contributed by atoms with Crippen molar-refractivity contribution < 1.29 is 27.8 Å². The van der Waals surface area contributed by atoms with Crippen molar-refractivity contribution in [2.45, 2.75) is 6.42 Å². The Labute approximate surface area is 89.5 Å². The summed E-state index contributed by atoms with van der Waals surface area (Å²) in [7, 11) is 0. The summed E-state index contributed by atoms with van der Waals surface area (Å²) >= 11 is 0. The van der Waals surface area contributed by atoms with E-state index in [0.717, 1.165) is 0 Å². The molecule has 0 fully saturated rings. The predicted octanol–water partition coefficient (Wildman–Crippen LogP) is 2.40. The van der Waals surface area contributed by atoms with Gasteiger partial charge < -0.3 is 9.84 Å². The van der Waals surface area contributed by atoms with Gasteiger partial charge in [-0.2, -0.15) is 0 Å². The maximum atomic E-state index is 13.2. The second-order valence-corrected chi connectivity index (χ2v) is 2.97. The number of hydrogen-bond donors (Lipinski definition) is 1. The number of alkyl halides is 1. The van der Waals surface area contributed by atoms with Crippen LogP contribution in [0.3, 0.4) is 0 Å². The van der Waals surface area contributed by atoms with Crippen molar-refractivity contribution in [3.05, 3.63) is 29.3 Å². The number of carbonyl (C=O) groups is 1. The minimum absolute atomic E-state index is 0.0135. The number of halogens is 3. The highest BCUT2D eigenvalue weighted by Crippen LogP contribution is 2.23. The molecule has 0 aromatic heterocycles. The number of carboxylic acid groups (broad SMARTS) is 1. The smallest absolute Gasteiger partial charge is 0.335 e. The van der Waals surface area contributed by atoms with Crippen molar-refractivity contribution in [3.8, 4) is 5.75 Å². The van der Waals surface area contributed by atoms with Crippen molar-refractivity contribution >= 4 is 5.97 Å². The van der Waals surface area contributed by atoms with E-state index < -0.39 is 35.6 Å². The van der Waals surface area contributed by atoms with Crippen LogP contribution in [0, 0.1) is 11.6 Å². The number of ether oxygens (including phenoxy) is 1. The fourth-order valence-corrected chi connectivity index (χ4v) is 1.05. The fraction of sp³-hybridized carbons (Fsp3) is 0.300. The van der Waals surface area contributed by atoms with E-state index in [1.54, 1.807) is 0 Å². The van der Waals surface area contributed by atoms with E-state index in [2.05, 4.69) is 4.74 Å². The number of carboxylic acids is 1. The Morgan fingerprint density at radius 3 is 2.31 bits per heavy atom. The SMILES string of the molecule is O=C(O)c1cc(F)c(OCCCF)c(F)c1. The Hall–Kier alpha value is -1.72. The van der Waals surface area contributed by atoms with Crippen molar-refractivity contribution in [1.82, 2.24) is 0 Å². The van der Waals surface area contributed by atoms with Gasteiger partial charge in [0.1, 0.15) is 0 Å². The molecule has 0 bridgehead atoms. The third-order valence-electron chi connectivity index (χ3n) is 1.77. The molecule has 0 amide bonds. The summed E-state index contributed by atoms with van der Waals surface area (Å²) < 4.78 is 42.7. The Balaban J connectivity index is 2.89. The van der Waals surface area contributed by atoms with Crippen LogP contribution in [0.5, 0.6) is 5.75 Å². The quantitative estimate of drug-likeness (QED) is 0.796. The monoisotopic (exact) mass is 234 g/mol. The lowest BCUT2D eigenvalue weighted by Crippen LogP contribution is -2.05. The summed E-state index contributed by atoms with van der Waals surface area (Å²) in [6, 6.07) is 1.30. The van der Waals surface area contributed by atoms with Crippen molar-refractivity contribution in [3.63, 3.8) is 0 Å².